The third-order valence-corrected chi connectivity index (χ3v) is 8.86. The van der Waals surface area contributed by atoms with Crippen LogP contribution in [0.3, 0.4) is 0 Å². The van der Waals surface area contributed by atoms with Crippen LogP contribution >= 0.6 is 0 Å². The molecule has 0 rings (SSSR count). The molecule has 0 aliphatic carbocycles. The highest BCUT2D eigenvalue weighted by atomic mass is 16.6. The van der Waals surface area contributed by atoms with Crippen molar-refractivity contribution in [1.82, 2.24) is 0 Å². The second kappa shape index (κ2) is 42.3. The molecule has 1 unspecified atom stereocenters. The molecule has 1 N–H and O–H groups in total. The highest BCUT2D eigenvalue weighted by Crippen LogP contribution is 2.14. The molecule has 0 fully saturated rings. The summed E-state index contributed by atoms with van der Waals surface area (Å²) in [5.41, 5.74) is 0. The Morgan fingerprint density at radius 1 is 0.510 bits per heavy atom. The van der Waals surface area contributed by atoms with E-state index in [0.717, 1.165) is 64.2 Å². The van der Waals surface area contributed by atoms with Gasteiger partial charge in [0.2, 0.25) is 0 Å². The van der Waals surface area contributed by atoms with Crippen molar-refractivity contribution in [3.63, 3.8) is 0 Å². The van der Waals surface area contributed by atoms with Gasteiger partial charge in [-0.3, -0.25) is 4.79 Å². The summed E-state index contributed by atoms with van der Waals surface area (Å²) in [7, 11) is 0. The molecule has 1 atom stereocenters. The fourth-order valence-corrected chi connectivity index (χ4v) is 5.77. The van der Waals surface area contributed by atoms with Crippen molar-refractivity contribution < 1.29 is 19.4 Å². The molecule has 0 aliphatic heterocycles. The molecule has 0 bridgehead atoms. The van der Waals surface area contributed by atoms with Gasteiger partial charge >= 0.3 is 5.97 Å². The van der Waals surface area contributed by atoms with Crippen LogP contribution in [-0.4, -0.2) is 37.0 Å². The van der Waals surface area contributed by atoms with Gasteiger partial charge in [0, 0.05) is 13.0 Å². The lowest BCUT2D eigenvalue weighted by Gasteiger charge is -2.15. The molecule has 0 aromatic heterocycles. The van der Waals surface area contributed by atoms with E-state index < -0.39 is 6.10 Å². The van der Waals surface area contributed by atoms with Gasteiger partial charge in [0.05, 0.1) is 13.2 Å². The van der Waals surface area contributed by atoms with Crippen LogP contribution in [0.15, 0.2) is 60.8 Å². The Bertz CT molecular complexity index is 809. The van der Waals surface area contributed by atoms with E-state index in [1.54, 1.807) is 0 Å². The lowest BCUT2D eigenvalue weighted by atomic mass is 10.0. The summed E-state index contributed by atoms with van der Waals surface area (Å²) >= 11 is 0. The second-order valence-electron chi connectivity index (χ2n) is 13.7. The fraction of sp³-hybridized carbons (Fsp3) is 0.756. The first-order valence-corrected chi connectivity index (χ1v) is 20.9. The van der Waals surface area contributed by atoms with Gasteiger partial charge in [0.25, 0.3) is 0 Å². The Hall–Kier alpha value is -1.91. The van der Waals surface area contributed by atoms with Crippen molar-refractivity contribution in [2.24, 2.45) is 0 Å². The SMILES string of the molecule is CC/C=C\C/C=C\C/C=C\C/C=C\C/C=C\CCCCCCCC(=O)OC(CO)COCCCCCCCCCCCCCCCCCC. The van der Waals surface area contributed by atoms with Crippen LogP contribution < -0.4 is 0 Å². The average Bonchev–Trinajstić information content (AvgIpc) is 3.11. The zero-order valence-electron chi connectivity index (χ0n) is 32.4. The number of aliphatic hydroxyl groups excluding tert-OH is 1. The van der Waals surface area contributed by atoms with E-state index in [1.165, 1.54) is 109 Å². The predicted octanol–water partition coefficient (Wildman–Crippen LogP) is 13.7. The molecule has 284 valence electrons. The molecule has 0 saturated heterocycles. The van der Waals surface area contributed by atoms with Gasteiger partial charge in [-0.25, -0.2) is 0 Å². The molecule has 0 aromatic rings. The van der Waals surface area contributed by atoms with E-state index in [-0.39, 0.29) is 19.2 Å². The fourth-order valence-electron chi connectivity index (χ4n) is 5.77. The Morgan fingerprint density at radius 2 is 0.918 bits per heavy atom. The molecule has 0 saturated carbocycles. The van der Waals surface area contributed by atoms with Gasteiger partial charge in [0.1, 0.15) is 6.10 Å². The normalized spacial score (nSPS) is 13.0. The first kappa shape index (κ1) is 47.1. The molecule has 0 aromatic carbocycles. The van der Waals surface area contributed by atoms with E-state index in [9.17, 15) is 9.90 Å². The van der Waals surface area contributed by atoms with Crippen LogP contribution in [0.1, 0.15) is 194 Å². The quantitative estimate of drug-likeness (QED) is 0.0399. The van der Waals surface area contributed by atoms with E-state index in [2.05, 4.69) is 74.6 Å². The lowest BCUT2D eigenvalue weighted by Crippen LogP contribution is -2.27. The number of carbonyl (C=O) groups excluding carboxylic acids is 1. The van der Waals surface area contributed by atoms with Crippen LogP contribution in [0.5, 0.6) is 0 Å². The largest absolute Gasteiger partial charge is 0.457 e. The van der Waals surface area contributed by atoms with Gasteiger partial charge in [-0.15, -0.1) is 0 Å². The number of hydrogen-bond donors (Lipinski definition) is 1. The van der Waals surface area contributed by atoms with E-state index in [1.807, 2.05) is 0 Å². The molecule has 4 nitrogen and oxygen atoms in total. The number of allylic oxidation sites excluding steroid dienone is 10. The lowest BCUT2D eigenvalue weighted by molar-refractivity contribution is -0.154. The van der Waals surface area contributed by atoms with Crippen molar-refractivity contribution in [3.8, 4) is 0 Å². The smallest absolute Gasteiger partial charge is 0.306 e. The Balaban J connectivity index is 3.50. The number of carbonyl (C=O) groups is 1. The topological polar surface area (TPSA) is 55.8 Å². The predicted molar refractivity (Wildman–Crippen MR) is 214 cm³/mol. The summed E-state index contributed by atoms with van der Waals surface area (Å²) < 4.78 is 11.1. The summed E-state index contributed by atoms with van der Waals surface area (Å²) in [5, 5.41) is 9.59. The zero-order chi connectivity index (χ0) is 35.6. The van der Waals surface area contributed by atoms with Crippen LogP contribution in [0.2, 0.25) is 0 Å². The highest BCUT2D eigenvalue weighted by Gasteiger charge is 2.13. The first-order chi connectivity index (χ1) is 24.2. The number of hydrogen-bond acceptors (Lipinski definition) is 4. The monoisotopic (exact) mass is 685 g/mol. The number of rotatable bonds is 38. The Labute approximate surface area is 305 Å². The van der Waals surface area contributed by atoms with Crippen molar-refractivity contribution in [2.45, 2.75) is 200 Å². The second-order valence-corrected chi connectivity index (χ2v) is 13.7. The van der Waals surface area contributed by atoms with Crippen LogP contribution in [0, 0.1) is 0 Å². The minimum Gasteiger partial charge on any atom is -0.457 e. The zero-order valence-corrected chi connectivity index (χ0v) is 32.4. The summed E-state index contributed by atoms with van der Waals surface area (Å²) in [5.74, 6) is -0.219. The van der Waals surface area contributed by atoms with Crippen molar-refractivity contribution in [2.75, 3.05) is 19.8 Å². The Kier molecular flexibility index (Phi) is 40.6. The maximum Gasteiger partial charge on any atom is 0.306 e. The molecule has 0 amide bonds. The van der Waals surface area contributed by atoms with Gasteiger partial charge in [0.15, 0.2) is 0 Å². The van der Waals surface area contributed by atoms with Crippen molar-refractivity contribution in [1.29, 1.82) is 0 Å². The molecule has 4 heteroatoms. The standard InChI is InChI=1S/C45H80O4/c1-3-5-7-9-11-13-15-17-19-21-22-23-24-25-26-28-30-32-34-36-38-40-45(47)49-44(42-46)43-48-41-39-37-35-33-31-29-27-20-18-16-14-12-10-8-6-4-2/h5,7,11,13,17,19,22-23,25-26,44,46H,3-4,6,8-10,12,14-16,18,20-21,24,27-43H2,1-2H3/b7-5-,13-11-,19-17-,23-22-,26-25-. The third-order valence-electron chi connectivity index (χ3n) is 8.86. The summed E-state index contributed by atoms with van der Waals surface area (Å²) in [6.45, 7) is 5.22. The molecule has 49 heavy (non-hydrogen) atoms. The molecule has 0 aliphatic rings. The third kappa shape index (κ3) is 40.4. The van der Waals surface area contributed by atoms with E-state index in [0.29, 0.717) is 13.0 Å². The molecule has 0 radical (unpaired) electrons. The number of unbranched alkanes of at least 4 members (excludes halogenated alkanes) is 20. The maximum absolute atomic E-state index is 12.2. The molecular weight excluding hydrogens is 604 g/mol. The van der Waals surface area contributed by atoms with Gasteiger partial charge in [-0.1, -0.05) is 190 Å². The van der Waals surface area contributed by atoms with Crippen molar-refractivity contribution in [3.05, 3.63) is 60.8 Å². The summed E-state index contributed by atoms with van der Waals surface area (Å²) in [6, 6.07) is 0. The highest BCUT2D eigenvalue weighted by molar-refractivity contribution is 5.69. The molecule has 0 heterocycles. The Morgan fingerprint density at radius 3 is 1.39 bits per heavy atom. The number of ether oxygens (including phenoxy) is 2. The maximum atomic E-state index is 12.2. The minimum absolute atomic E-state index is 0.180. The van der Waals surface area contributed by atoms with Crippen LogP contribution in [-0.2, 0) is 14.3 Å². The van der Waals surface area contributed by atoms with E-state index in [4.69, 9.17) is 9.47 Å². The van der Waals surface area contributed by atoms with Gasteiger partial charge in [-0.2, -0.15) is 0 Å². The molecule has 0 spiro atoms. The number of aliphatic hydroxyl groups is 1. The van der Waals surface area contributed by atoms with Gasteiger partial charge in [-0.05, 0) is 57.8 Å². The molecular formula is C45H80O4. The number of esters is 1. The van der Waals surface area contributed by atoms with Crippen LogP contribution in [0.4, 0.5) is 0 Å². The van der Waals surface area contributed by atoms with Crippen LogP contribution in [0.25, 0.3) is 0 Å². The van der Waals surface area contributed by atoms with Crippen molar-refractivity contribution >= 4 is 5.97 Å². The first-order valence-electron chi connectivity index (χ1n) is 20.9. The van der Waals surface area contributed by atoms with Gasteiger partial charge < -0.3 is 14.6 Å². The summed E-state index contributed by atoms with van der Waals surface area (Å²) in [6.07, 6.45) is 55.6. The van der Waals surface area contributed by atoms with E-state index >= 15 is 0 Å². The minimum atomic E-state index is -0.544. The average molecular weight is 685 g/mol. The summed E-state index contributed by atoms with van der Waals surface area (Å²) in [4.78, 5) is 12.2.